The van der Waals surface area contributed by atoms with Gasteiger partial charge >= 0.3 is 5.63 Å². The number of phenolic OH excluding ortho intramolecular Hbond substituents is 1. The molecule has 3 aromatic rings. The number of hydrogen-bond acceptors (Lipinski definition) is 5. The van der Waals surface area contributed by atoms with E-state index in [1.165, 1.54) is 17.8 Å². The maximum absolute atomic E-state index is 11.6. The van der Waals surface area contributed by atoms with Gasteiger partial charge in [-0.3, -0.25) is 0 Å². The number of thioether (sulfide) groups is 1. The predicted octanol–water partition coefficient (Wildman–Crippen LogP) is 3.19. The van der Waals surface area contributed by atoms with Crippen molar-refractivity contribution in [3.8, 4) is 5.75 Å². The Hall–Kier alpha value is -2.27. The van der Waals surface area contributed by atoms with Crippen molar-refractivity contribution in [2.24, 2.45) is 0 Å². The van der Waals surface area contributed by atoms with Crippen LogP contribution in [0.2, 0.25) is 0 Å². The van der Waals surface area contributed by atoms with Gasteiger partial charge in [0.2, 0.25) is 0 Å². The normalized spacial score (nSPS) is 10.8. The van der Waals surface area contributed by atoms with Crippen LogP contribution < -0.4 is 5.63 Å². The number of fused-ring (bicyclic) bond motifs is 1. The van der Waals surface area contributed by atoms with Crippen molar-refractivity contribution in [1.82, 2.24) is 4.98 Å². The van der Waals surface area contributed by atoms with Gasteiger partial charge in [0.1, 0.15) is 11.3 Å². The van der Waals surface area contributed by atoms with Gasteiger partial charge in [-0.25, -0.2) is 9.78 Å². The third-order valence-electron chi connectivity index (χ3n) is 2.84. The van der Waals surface area contributed by atoms with Gasteiger partial charge in [-0.2, -0.15) is 0 Å². The SMILES string of the molecule is O=c1cc(CSc2ccccn2)c2c(O)cccc2o1. The Labute approximate surface area is 119 Å². The van der Waals surface area contributed by atoms with Gasteiger partial charge in [0.15, 0.2) is 0 Å². The summed E-state index contributed by atoms with van der Waals surface area (Å²) >= 11 is 1.50. The first kappa shape index (κ1) is 12.7. The summed E-state index contributed by atoms with van der Waals surface area (Å²) in [5.41, 5.74) is 0.721. The Morgan fingerprint density at radius 1 is 1.20 bits per heavy atom. The van der Waals surface area contributed by atoms with Gasteiger partial charge in [0, 0.05) is 18.0 Å². The second-order valence-electron chi connectivity index (χ2n) is 4.20. The third kappa shape index (κ3) is 2.53. The Balaban J connectivity index is 2.01. The van der Waals surface area contributed by atoms with Crippen molar-refractivity contribution in [2.75, 3.05) is 0 Å². The molecule has 0 fully saturated rings. The van der Waals surface area contributed by atoms with Gasteiger partial charge in [0.05, 0.1) is 10.4 Å². The molecule has 4 nitrogen and oxygen atoms in total. The fourth-order valence-corrected chi connectivity index (χ4v) is 2.82. The molecule has 1 N–H and O–H groups in total. The molecule has 20 heavy (non-hydrogen) atoms. The highest BCUT2D eigenvalue weighted by atomic mass is 32.2. The van der Waals surface area contributed by atoms with E-state index in [4.69, 9.17) is 4.42 Å². The van der Waals surface area contributed by atoms with E-state index in [0.29, 0.717) is 16.7 Å². The number of pyridine rings is 1. The average molecular weight is 285 g/mol. The van der Waals surface area contributed by atoms with Gasteiger partial charge in [-0.05, 0) is 29.8 Å². The Morgan fingerprint density at radius 3 is 2.90 bits per heavy atom. The minimum absolute atomic E-state index is 0.114. The summed E-state index contributed by atoms with van der Waals surface area (Å²) in [6, 6.07) is 12.0. The molecule has 0 aliphatic heterocycles. The van der Waals surface area contributed by atoms with Gasteiger partial charge in [-0.15, -0.1) is 11.8 Å². The summed E-state index contributed by atoms with van der Waals surface area (Å²) in [7, 11) is 0. The zero-order valence-corrected chi connectivity index (χ0v) is 11.3. The van der Waals surface area contributed by atoms with Crippen molar-refractivity contribution >= 4 is 22.7 Å². The molecule has 0 saturated heterocycles. The molecule has 2 heterocycles. The van der Waals surface area contributed by atoms with Crippen LogP contribution >= 0.6 is 11.8 Å². The molecule has 0 saturated carbocycles. The van der Waals surface area contributed by atoms with Crippen molar-refractivity contribution in [3.63, 3.8) is 0 Å². The number of aromatic nitrogens is 1. The zero-order valence-electron chi connectivity index (χ0n) is 10.4. The summed E-state index contributed by atoms with van der Waals surface area (Å²) in [4.78, 5) is 15.8. The summed E-state index contributed by atoms with van der Waals surface area (Å²) in [6.07, 6.45) is 1.72. The maximum atomic E-state index is 11.6. The van der Waals surface area contributed by atoms with Crippen molar-refractivity contribution in [3.05, 3.63) is 64.6 Å². The minimum atomic E-state index is -0.417. The topological polar surface area (TPSA) is 63.3 Å². The second-order valence-corrected chi connectivity index (χ2v) is 5.19. The molecule has 5 heteroatoms. The summed E-state index contributed by atoms with van der Waals surface area (Å²) in [6.45, 7) is 0. The predicted molar refractivity (Wildman–Crippen MR) is 77.9 cm³/mol. The number of benzene rings is 1. The summed E-state index contributed by atoms with van der Waals surface area (Å²) in [5, 5.41) is 11.4. The Kier molecular flexibility index (Phi) is 3.43. The quantitative estimate of drug-likeness (QED) is 0.591. The number of phenols is 1. The number of rotatable bonds is 3. The lowest BCUT2D eigenvalue weighted by atomic mass is 10.1. The number of aromatic hydroxyl groups is 1. The van der Waals surface area contributed by atoms with Crippen LogP contribution in [0, 0.1) is 0 Å². The summed E-state index contributed by atoms with van der Waals surface area (Å²) in [5.74, 6) is 0.652. The van der Waals surface area contributed by atoms with Gasteiger partial charge < -0.3 is 9.52 Å². The van der Waals surface area contributed by atoms with Crippen LogP contribution in [0.4, 0.5) is 0 Å². The second kappa shape index (κ2) is 5.38. The Morgan fingerprint density at radius 2 is 2.10 bits per heavy atom. The number of nitrogens with zero attached hydrogens (tertiary/aromatic N) is 1. The van der Waals surface area contributed by atoms with Crippen LogP contribution in [0.1, 0.15) is 5.56 Å². The van der Waals surface area contributed by atoms with Crippen LogP contribution in [0.5, 0.6) is 5.75 Å². The van der Waals surface area contributed by atoms with E-state index in [1.807, 2.05) is 18.2 Å². The number of hydrogen-bond donors (Lipinski definition) is 1. The van der Waals surface area contributed by atoms with E-state index in [9.17, 15) is 9.90 Å². The largest absolute Gasteiger partial charge is 0.507 e. The van der Waals surface area contributed by atoms with Crippen molar-refractivity contribution in [2.45, 2.75) is 10.8 Å². The van der Waals surface area contributed by atoms with E-state index in [-0.39, 0.29) is 5.75 Å². The highest BCUT2D eigenvalue weighted by Gasteiger charge is 2.10. The highest BCUT2D eigenvalue weighted by Crippen LogP contribution is 2.30. The lowest BCUT2D eigenvalue weighted by molar-refractivity contribution is 0.478. The first-order valence-corrected chi connectivity index (χ1v) is 7.01. The molecule has 1 aromatic carbocycles. The summed E-state index contributed by atoms with van der Waals surface area (Å²) < 4.78 is 5.09. The van der Waals surface area contributed by atoms with E-state index in [0.717, 1.165) is 10.6 Å². The van der Waals surface area contributed by atoms with Crippen LogP contribution in [0.3, 0.4) is 0 Å². The average Bonchev–Trinajstić information content (AvgIpc) is 2.45. The molecule has 100 valence electrons. The molecule has 0 radical (unpaired) electrons. The van der Waals surface area contributed by atoms with Crippen LogP contribution in [-0.4, -0.2) is 10.1 Å². The molecule has 0 atom stereocenters. The van der Waals surface area contributed by atoms with Crippen LogP contribution in [0.25, 0.3) is 11.0 Å². The van der Waals surface area contributed by atoms with Crippen molar-refractivity contribution < 1.29 is 9.52 Å². The van der Waals surface area contributed by atoms with Crippen molar-refractivity contribution in [1.29, 1.82) is 0 Å². The van der Waals surface area contributed by atoms with E-state index >= 15 is 0 Å². The standard InChI is InChI=1S/C15H11NO3S/c17-11-4-3-5-12-15(11)10(8-14(18)19-12)9-20-13-6-1-2-7-16-13/h1-8,17H,9H2. The first-order chi connectivity index (χ1) is 9.74. The fraction of sp³-hybridized carbons (Fsp3) is 0.0667. The molecule has 0 spiro atoms. The Bertz CT molecular complexity index is 799. The third-order valence-corrected chi connectivity index (χ3v) is 3.83. The molecule has 3 rings (SSSR count). The lowest BCUT2D eigenvalue weighted by Gasteiger charge is -2.06. The zero-order chi connectivity index (χ0) is 13.9. The smallest absolute Gasteiger partial charge is 0.336 e. The molecule has 0 unspecified atom stereocenters. The van der Waals surface area contributed by atoms with Gasteiger partial charge in [-0.1, -0.05) is 12.1 Å². The van der Waals surface area contributed by atoms with Crippen LogP contribution in [-0.2, 0) is 5.75 Å². The molecule has 0 amide bonds. The molecular weight excluding hydrogens is 274 g/mol. The molecule has 0 bridgehead atoms. The van der Waals surface area contributed by atoms with E-state index in [2.05, 4.69) is 4.98 Å². The maximum Gasteiger partial charge on any atom is 0.336 e. The molecule has 0 aliphatic carbocycles. The monoisotopic (exact) mass is 285 g/mol. The lowest BCUT2D eigenvalue weighted by Crippen LogP contribution is -2.00. The van der Waals surface area contributed by atoms with E-state index in [1.54, 1.807) is 24.4 Å². The van der Waals surface area contributed by atoms with Gasteiger partial charge in [0.25, 0.3) is 0 Å². The first-order valence-electron chi connectivity index (χ1n) is 6.02. The highest BCUT2D eigenvalue weighted by molar-refractivity contribution is 7.98. The fourth-order valence-electron chi connectivity index (χ4n) is 1.98. The molecule has 0 aliphatic rings. The minimum Gasteiger partial charge on any atom is -0.507 e. The molecular formula is C15H11NO3S. The molecule has 2 aromatic heterocycles. The van der Waals surface area contributed by atoms with Crippen LogP contribution in [0.15, 0.2) is 62.9 Å². The van der Waals surface area contributed by atoms with E-state index < -0.39 is 5.63 Å².